The average molecular weight is 390 g/mol. The molecule has 0 saturated carbocycles. The molecule has 3 fully saturated rings. The van der Waals surface area contributed by atoms with Crippen molar-refractivity contribution in [2.75, 3.05) is 13.7 Å². The summed E-state index contributed by atoms with van der Waals surface area (Å²) < 4.78 is 15.6. The van der Waals surface area contributed by atoms with Crippen molar-refractivity contribution in [3.05, 3.63) is 6.54 Å². The quantitative estimate of drug-likeness (QED) is 0.209. The van der Waals surface area contributed by atoms with Crippen LogP contribution in [0.25, 0.3) is 0 Å². The topological polar surface area (TPSA) is 123 Å². The van der Waals surface area contributed by atoms with Crippen molar-refractivity contribution in [2.45, 2.75) is 37.0 Å². The van der Waals surface area contributed by atoms with Crippen molar-refractivity contribution in [2.24, 2.45) is 0 Å². The van der Waals surface area contributed by atoms with E-state index >= 15 is 0 Å². The number of fused-ring (bicyclic) bond motifs is 8. The van der Waals surface area contributed by atoms with Gasteiger partial charge in [0, 0.05) is 46.2 Å². The second-order valence-electron chi connectivity index (χ2n) is 4.69. The number of aliphatic hydroxyl groups is 1. The van der Waals surface area contributed by atoms with Gasteiger partial charge in [-0.25, -0.2) is 11.3 Å². The summed E-state index contributed by atoms with van der Waals surface area (Å²) in [5.41, 5.74) is 0. The largest absolute Gasteiger partial charge is 0.455 e. The predicted octanol–water partition coefficient (Wildman–Crippen LogP) is -2.53. The third-order valence-corrected chi connectivity index (χ3v) is 3.30. The van der Waals surface area contributed by atoms with Crippen LogP contribution in [0.2, 0.25) is 0 Å². The van der Waals surface area contributed by atoms with Gasteiger partial charge in [-0.15, -0.1) is 0 Å². The molecule has 22 heavy (non-hydrogen) atoms. The molecule has 121 valence electrons. The van der Waals surface area contributed by atoms with E-state index in [2.05, 4.69) is 10.6 Å². The van der Waals surface area contributed by atoms with Crippen LogP contribution in [0.4, 0.5) is 0 Å². The standard InChI is InChI=1S/C12H17N2O7.Y/c1-19-10-7-5-20-11(9(10)17)13-4-8(16)14-6(2-3-15)12(18)21-7;/h3-4,6-7,9-11,13,17H,2,5H2,1H3,(H,14,16);/q-1;/t6?,7-,9-,10-,11+;/m0./s1. The molecule has 5 atom stereocenters. The van der Waals surface area contributed by atoms with Gasteiger partial charge in [0.25, 0.3) is 0 Å². The summed E-state index contributed by atoms with van der Waals surface area (Å²) in [6.45, 7) is 1.02. The average Bonchev–Trinajstić information content (AvgIpc) is 2.48. The molecule has 9 nitrogen and oxygen atoms in total. The number of hydrogen-bond acceptors (Lipinski definition) is 8. The first-order chi connectivity index (χ1) is 10.1. The molecule has 2 bridgehead atoms. The van der Waals surface area contributed by atoms with Gasteiger partial charge in [0.2, 0.25) is 0 Å². The maximum absolute atomic E-state index is 12.0. The van der Waals surface area contributed by atoms with Crippen LogP contribution >= 0.6 is 0 Å². The normalized spacial score (nSPS) is 35.3. The first kappa shape index (κ1) is 19.5. The Morgan fingerprint density at radius 2 is 2.23 bits per heavy atom. The summed E-state index contributed by atoms with van der Waals surface area (Å²) in [7, 11) is 1.37. The number of carbonyl (C=O) groups is 3. The molecular weight excluding hydrogens is 373 g/mol. The number of rotatable bonds is 3. The van der Waals surface area contributed by atoms with E-state index in [1.165, 1.54) is 7.11 Å². The molecule has 3 rings (SSSR count). The van der Waals surface area contributed by atoms with E-state index in [0.717, 1.165) is 6.54 Å². The molecule has 0 spiro atoms. The van der Waals surface area contributed by atoms with Crippen molar-refractivity contribution in [3.63, 3.8) is 0 Å². The van der Waals surface area contributed by atoms with Crippen LogP contribution in [0.5, 0.6) is 0 Å². The molecular formula is C12H17N2O7Y-. The molecule has 3 heterocycles. The van der Waals surface area contributed by atoms with E-state index < -0.39 is 42.5 Å². The van der Waals surface area contributed by atoms with Gasteiger partial charge in [0.15, 0.2) is 6.10 Å². The van der Waals surface area contributed by atoms with Crippen molar-refractivity contribution < 1.29 is 66.4 Å². The molecule has 1 radical (unpaired) electrons. The number of aldehydes is 1. The van der Waals surface area contributed by atoms with Crippen molar-refractivity contribution in [1.29, 1.82) is 0 Å². The van der Waals surface area contributed by atoms with Crippen LogP contribution in [0.1, 0.15) is 6.42 Å². The van der Waals surface area contributed by atoms with Crippen molar-refractivity contribution >= 4 is 18.2 Å². The van der Waals surface area contributed by atoms with Crippen LogP contribution in [-0.4, -0.2) is 67.6 Å². The number of hydrogen-bond donors (Lipinski definition) is 3. The summed E-state index contributed by atoms with van der Waals surface area (Å²) in [5.74, 6) is -1.42. The van der Waals surface area contributed by atoms with Crippen LogP contribution < -0.4 is 10.6 Å². The maximum Gasteiger partial charge on any atom is 0.329 e. The van der Waals surface area contributed by atoms with Crippen LogP contribution in [0.3, 0.4) is 0 Å². The monoisotopic (exact) mass is 390 g/mol. The van der Waals surface area contributed by atoms with Gasteiger partial charge in [-0.2, -0.15) is 0 Å². The number of esters is 1. The number of ether oxygens (including phenoxy) is 3. The molecule has 1 amide bonds. The Kier molecular flexibility index (Phi) is 7.88. The summed E-state index contributed by atoms with van der Waals surface area (Å²) >= 11 is 0. The van der Waals surface area contributed by atoms with Gasteiger partial charge in [-0.1, -0.05) is 0 Å². The number of aliphatic hydroxyl groups excluding tert-OH is 1. The molecule has 3 N–H and O–H groups in total. The van der Waals surface area contributed by atoms with Gasteiger partial charge < -0.3 is 39.5 Å². The van der Waals surface area contributed by atoms with Crippen LogP contribution in [0, 0.1) is 6.54 Å². The number of nitrogens with one attached hydrogen (secondary N) is 2. The summed E-state index contributed by atoms with van der Waals surface area (Å²) in [5, 5.41) is 15.0. The fraction of sp³-hybridized carbons (Fsp3) is 0.667. The van der Waals surface area contributed by atoms with Gasteiger partial charge in [-0.3, -0.25) is 0 Å². The summed E-state index contributed by atoms with van der Waals surface area (Å²) in [6.07, 6.45) is -3.34. The first-order valence-electron chi connectivity index (χ1n) is 6.43. The van der Waals surface area contributed by atoms with Crippen molar-refractivity contribution in [1.82, 2.24) is 10.6 Å². The van der Waals surface area contributed by atoms with E-state index in [9.17, 15) is 19.5 Å². The zero-order valence-electron chi connectivity index (χ0n) is 11.9. The molecule has 10 heteroatoms. The van der Waals surface area contributed by atoms with Gasteiger partial charge >= 0.3 is 5.97 Å². The fourth-order valence-electron chi connectivity index (χ4n) is 2.24. The zero-order valence-corrected chi connectivity index (χ0v) is 14.8. The Balaban J connectivity index is 0.00000242. The van der Waals surface area contributed by atoms with Gasteiger partial charge in [0.1, 0.15) is 30.8 Å². The third kappa shape index (κ3) is 4.47. The molecule has 3 aliphatic rings. The van der Waals surface area contributed by atoms with Crippen LogP contribution in [-0.2, 0) is 61.3 Å². The minimum Gasteiger partial charge on any atom is -0.455 e. The van der Waals surface area contributed by atoms with Gasteiger partial charge in [-0.05, 0) is 0 Å². The predicted molar refractivity (Wildman–Crippen MR) is 66.5 cm³/mol. The molecule has 1 unspecified atom stereocenters. The van der Waals surface area contributed by atoms with E-state index in [-0.39, 0.29) is 45.7 Å². The van der Waals surface area contributed by atoms with E-state index in [0.29, 0.717) is 6.29 Å². The second kappa shape index (κ2) is 8.90. The number of carbonyl (C=O) groups excluding carboxylic acids is 3. The minimum absolute atomic E-state index is 0. The smallest absolute Gasteiger partial charge is 0.329 e. The Morgan fingerprint density at radius 3 is 2.86 bits per heavy atom. The zero-order chi connectivity index (χ0) is 15.4. The van der Waals surface area contributed by atoms with E-state index in [1.54, 1.807) is 0 Å². The minimum atomic E-state index is -1.13. The Bertz CT molecular complexity index is 422. The molecule has 0 aromatic rings. The molecule has 3 aliphatic heterocycles. The first-order valence-corrected chi connectivity index (χ1v) is 6.43. The summed E-state index contributed by atoms with van der Waals surface area (Å²) in [6, 6.07) is -1.10. The Labute approximate surface area is 152 Å². The number of amides is 1. The Hall–Kier alpha value is -0.576. The summed E-state index contributed by atoms with van der Waals surface area (Å²) in [4.78, 5) is 34.3. The van der Waals surface area contributed by atoms with E-state index in [4.69, 9.17) is 14.2 Å². The molecule has 0 aliphatic carbocycles. The SMILES string of the molecule is CO[C@@H]1[C@H](O)[C@@H]2N[CH-]C(=O)NC(CC=O)C(=O)O[C@H]1CO2.[Y]. The second-order valence-corrected chi connectivity index (χ2v) is 4.69. The fourth-order valence-corrected chi connectivity index (χ4v) is 2.24. The van der Waals surface area contributed by atoms with Gasteiger partial charge in [0.05, 0.1) is 12.5 Å². The number of methoxy groups -OCH3 is 1. The van der Waals surface area contributed by atoms with Crippen LogP contribution in [0.15, 0.2) is 0 Å². The third-order valence-electron chi connectivity index (χ3n) is 3.30. The molecule has 3 saturated heterocycles. The maximum atomic E-state index is 12.0. The molecule has 0 aromatic carbocycles. The van der Waals surface area contributed by atoms with Crippen molar-refractivity contribution in [3.8, 4) is 0 Å². The molecule has 0 aromatic heterocycles. The van der Waals surface area contributed by atoms with E-state index in [1.807, 2.05) is 0 Å². The Morgan fingerprint density at radius 1 is 1.50 bits per heavy atom.